The van der Waals surface area contributed by atoms with Gasteiger partial charge in [-0.3, -0.25) is 0 Å². The Morgan fingerprint density at radius 2 is 1.85 bits per heavy atom. The van der Waals surface area contributed by atoms with Crippen LogP contribution in [-0.4, -0.2) is 36.1 Å². The highest BCUT2D eigenvalue weighted by Crippen LogP contribution is 2.37. The first-order valence-electron chi connectivity index (χ1n) is 8.95. The van der Waals surface area contributed by atoms with Crippen LogP contribution < -0.4 is 10.6 Å². The monoisotopic (exact) mass is 351 g/mol. The standard InChI is InChI=1S/C21H22FN3O/c1-2-5-14-8-10-15(11-9-14)20-18-12-25(13-19(20)23-18)21(26)24-17-7-4-3-6-16(17)22/h2-11,18-20,23H,12-13H2,1H3,(H,24,26)/b5-2+/t18-,19+,20?. The van der Waals surface area contributed by atoms with Crippen molar-refractivity contribution in [1.82, 2.24) is 10.2 Å². The number of piperidine rings is 1. The Bertz CT molecular complexity index is 821. The molecule has 2 bridgehead atoms. The average molecular weight is 351 g/mol. The summed E-state index contributed by atoms with van der Waals surface area (Å²) in [7, 11) is 0. The van der Waals surface area contributed by atoms with E-state index in [-0.39, 0.29) is 23.8 Å². The van der Waals surface area contributed by atoms with Gasteiger partial charge >= 0.3 is 6.03 Å². The lowest BCUT2D eigenvalue weighted by Crippen LogP contribution is -2.72. The molecule has 2 aromatic rings. The van der Waals surface area contributed by atoms with E-state index in [2.05, 4.69) is 41.0 Å². The van der Waals surface area contributed by atoms with Crippen molar-refractivity contribution in [2.45, 2.75) is 24.9 Å². The van der Waals surface area contributed by atoms with Crippen molar-refractivity contribution < 1.29 is 9.18 Å². The van der Waals surface area contributed by atoms with Gasteiger partial charge < -0.3 is 15.5 Å². The maximum Gasteiger partial charge on any atom is 0.322 e. The van der Waals surface area contributed by atoms with E-state index in [1.54, 1.807) is 23.1 Å². The Morgan fingerprint density at radius 3 is 2.50 bits per heavy atom. The molecule has 3 atom stereocenters. The molecule has 0 saturated carbocycles. The van der Waals surface area contributed by atoms with Gasteiger partial charge in [-0.05, 0) is 30.2 Å². The lowest BCUT2D eigenvalue weighted by atomic mass is 9.74. The Labute approximate surface area is 152 Å². The molecule has 3 fully saturated rings. The third kappa shape index (κ3) is 3.10. The largest absolute Gasteiger partial charge is 0.322 e. The minimum Gasteiger partial charge on any atom is -0.321 e. The van der Waals surface area contributed by atoms with Crippen LogP contribution in [0.4, 0.5) is 14.9 Å². The first-order valence-corrected chi connectivity index (χ1v) is 8.95. The number of fused-ring (bicyclic) bond motifs is 2. The van der Waals surface area contributed by atoms with Crippen LogP contribution in [0.15, 0.2) is 54.6 Å². The molecule has 2 aromatic carbocycles. The second-order valence-electron chi connectivity index (χ2n) is 6.89. The summed E-state index contributed by atoms with van der Waals surface area (Å²) in [5.41, 5.74) is 2.72. The van der Waals surface area contributed by atoms with Gasteiger partial charge in [0.25, 0.3) is 0 Å². The number of halogens is 1. The molecule has 2 amide bonds. The van der Waals surface area contributed by atoms with Gasteiger partial charge in [0.2, 0.25) is 0 Å². The predicted molar refractivity (Wildman–Crippen MR) is 102 cm³/mol. The molecule has 1 unspecified atom stereocenters. The third-order valence-corrected chi connectivity index (χ3v) is 5.21. The molecule has 0 aliphatic carbocycles. The Morgan fingerprint density at radius 1 is 1.15 bits per heavy atom. The number of benzene rings is 2. The van der Waals surface area contributed by atoms with Crippen LogP contribution in [0.25, 0.3) is 6.08 Å². The Balaban J connectivity index is 1.40. The summed E-state index contributed by atoms with van der Waals surface area (Å²) in [4.78, 5) is 14.2. The molecular weight excluding hydrogens is 329 g/mol. The summed E-state index contributed by atoms with van der Waals surface area (Å²) in [6, 6.07) is 15.1. The highest BCUT2D eigenvalue weighted by atomic mass is 19.1. The smallest absolute Gasteiger partial charge is 0.321 e. The number of hydrogen-bond acceptors (Lipinski definition) is 2. The van der Waals surface area contributed by atoms with E-state index in [1.807, 2.05) is 13.0 Å². The summed E-state index contributed by atoms with van der Waals surface area (Å²) in [6.45, 7) is 3.26. The van der Waals surface area contributed by atoms with Crippen LogP contribution in [0.1, 0.15) is 24.0 Å². The maximum absolute atomic E-state index is 13.7. The van der Waals surface area contributed by atoms with Crippen molar-refractivity contribution >= 4 is 17.8 Å². The first-order chi connectivity index (χ1) is 12.7. The van der Waals surface area contributed by atoms with E-state index in [4.69, 9.17) is 0 Å². The van der Waals surface area contributed by atoms with Gasteiger partial charge in [0, 0.05) is 31.1 Å². The van der Waals surface area contributed by atoms with E-state index in [0.717, 1.165) is 0 Å². The van der Waals surface area contributed by atoms with Crippen LogP contribution in [0.2, 0.25) is 0 Å². The predicted octanol–water partition coefficient (Wildman–Crippen LogP) is 3.83. The normalized spacial score (nSPS) is 24.4. The van der Waals surface area contributed by atoms with E-state index in [0.29, 0.717) is 19.0 Å². The molecule has 26 heavy (non-hydrogen) atoms. The number of allylic oxidation sites excluding steroid dienone is 1. The fourth-order valence-electron chi connectivity index (χ4n) is 3.94. The topological polar surface area (TPSA) is 44.4 Å². The minimum atomic E-state index is -0.416. The number of anilines is 1. The van der Waals surface area contributed by atoms with Crippen LogP contribution >= 0.6 is 0 Å². The zero-order chi connectivity index (χ0) is 18.1. The molecule has 0 radical (unpaired) electrons. The van der Waals surface area contributed by atoms with Gasteiger partial charge in [0.05, 0.1) is 5.69 Å². The lowest BCUT2D eigenvalue weighted by molar-refractivity contribution is 0.0759. The molecule has 3 saturated heterocycles. The van der Waals surface area contributed by atoms with Crippen molar-refractivity contribution in [3.05, 3.63) is 71.6 Å². The second-order valence-corrected chi connectivity index (χ2v) is 6.89. The average Bonchev–Trinajstić information content (AvgIpc) is 2.65. The molecule has 3 heterocycles. The highest BCUT2D eigenvalue weighted by Gasteiger charge is 2.48. The van der Waals surface area contributed by atoms with E-state index in [9.17, 15) is 9.18 Å². The molecule has 2 N–H and O–H groups in total. The molecule has 5 heteroatoms. The van der Waals surface area contributed by atoms with Crippen molar-refractivity contribution in [2.24, 2.45) is 0 Å². The quantitative estimate of drug-likeness (QED) is 0.883. The number of carbonyl (C=O) groups is 1. The number of nitrogens with one attached hydrogen (secondary N) is 2. The number of hydrogen-bond donors (Lipinski definition) is 2. The van der Waals surface area contributed by atoms with Crippen LogP contribution in [0.5, 0.6) is 0 Å². The summed E-state index contributed by atoms with van der Waals surface area (Å²) in [5, 5.41) is 6.19. The van der Waals surface area contributed by atoms with E-state index >= 15 is 0 Å². The first kappa shape index (κ1) is 16.8. The lowest BCUT2D eigenvalue weighted by Gasteiger charge is -2.54. The van der Waals surface area contributed by atoms with E-state index in [1.165, 1.54) is 17.2 Å². The third-order valence-electron chi connectivity index (χ3n) is 5.21. The Kier molecular flexibility index (Phi) is 4.47. The minimum absolute atomic E-state index is 0.223. The van der Waals surface area contributed by atoms with E-state index < -0.39 is 5.82 Å². The van der Waals surface area contributed by atoms with Gasteiger partial charge in [0.1, 0.15) is 5.82 Å². The Hall–Kier alpha value is -2.66. The van der Waals surface area contributed by atoms with Crippen molar-refractivity contribution in [2.75, 3.05) is 18.4 Å². The number of rotatable bonds is 3. The van der Waals surface area contributed by atoms with Gasteiger partial charge in [-0.1, -0.05) is 48.6 Å². The zero-order valence-corrected chi connectivity index (χ0v) is 14.7. The maximum atomic E-state index is 13.7. The van der Waals surface area contributed by atoms with Gasteiger partial charge in [-0.2, -0.15) is 0 Å². The molecule has 4 nitrogen and oxygen atoms in total. The van der Waals surface area contributed by atoms with Crippen LogP contribution in [-0.2, 0) is 0 Å². The number of carbonyl (C=O) groups excluding carboxylic acids is 1. The fourth-order valence-corrected chi connectivity index (χ4v) is 3.94. The van der Waals surface area contributed by atoms with Gasteiger partial charge in [0.15, 0.2) is 0 Å². The fraction of sp³-hybridized carbons (Fsp3) is 0.286. The molecular formula is C21H22FN3O. The molecule has 0 spiro atoms. The van der Waals surface area contributed by atoms with Gasteiger partial charge in [-0.25, -0.2) is 9.18 Å². The number of nitrogens with zero attached hydrogens (tertiary/aromatic N) is 1. The van der Waals surface area contributed by atoms with Crippen LogP contribution in [0, 0.1) is 5.82 Å². The number of amides is 2. The molecule has 3 aliphatic heterocycles. The number of para-hydroxylation sites is 1. The molecule has 3 aliphatic rings. The summed E-state index contributed by atoms with van der Waals surface area (Å²) in [5.74, 6) is 0.00686. The summed E-state index contributed by atoms with van der Waals surface area (Å²) < 4.78 is 13.7. The van der Waals surface area contributed by atoms with Crippen LogP contribution in [0.3, 0.4) is 0 Å². The second kappa shape index (κ2) is 6.92. The van der Waals surface area contributed by atoms with Crippen molar-refractivity contribution in [3.8, 4) is 0 Å². The van der Waals surface area contributed by atoms with Crippen molar-refractivity contribution in [3.63, 3.8) is 0 Å². The molecule has 134 valence electrons. The molecule has 5 rings (SSSR count). The van der Waals surface area contributed by atoms with Crippen molar-refractivity contribution in [1.29, 1.82) is 0 Å². The summed E-state index contributed by atoms with van der Waals surface area (Å²) >= 11 is 0. The van der Waals surface area contributed by atoms with Gasteiger partial charge in [-0.15, -0.1) is 0 Å². The highest BCUT2D eigenvalue weighted by molar-refractivity contribution is 5.89. The number of piperazine rings is 1. The molecule has 0 aromatic heterocycles. The summed E-state index contributed by atoms with van der Waals surface area (Å²) in [6.07, 6.45) is 4.11. The SMILES string of the molecule is C/C=C/c1ccc(C2[C@@H]3CN(C(=O)Nc4ccccc4F)C[C@H]2N3)cc1. The zero-order valence-electron chi connectivity index (χ0n) is 14.7. The number of urea groups is 1.